The first-order chi connectivity index (χ1) is 6.81. The zero-order chi connectivity index (χ0) is 9.97. The zero-order valence-corrected chi connectivity index (χ0v) is 7.95. The van der Waals surface area contributed by atoms with Crippen LogP contribution < -0.4 is 0 Å². The fourth-order valence-electron chi connectivity index (χ4n) is 1.25. The van der Waals surface area contributed by atoms with Crippen LogP contribution in [0.2, 0.25) is 5.02 Å². The molecular weight excluding hydrogens is 198 g/mol. The number of rotatable bonds is 1. The second kappa shape index (κ2) is 3.57. The second-order valence-corrected chi connectivity index (χ2v) is 3.20. The van der Waals surface area contributed by atoms with Crippen LogP contribution in [0.4, 0.5) is 0 Å². The minimum Gasteiger partial charge on any atom is -0.464 e. The van der Waals surface area contributed by atoms with Crippen molar-refractivity contribution in [2.45, 2.75) is 0 Å². The van der Waals surface area contributed by atoms with Gasteiger partial charge in [-0.15, -0.1) is 0 Å². The Morgan fingerprint density at radius 1 is 1.43 bits per heavy atom. The van der Waals surface area contributed by atoms with Gasteiger partial charge in [-0.25, -0.2) is 0 Å². The average molecular weight is 204 g/mol. The number of hydrogen-bond acceptors (Lipinski definition) is 2. The van der Waals surface area contributed by atoms with Crippen LogP contribution in [-0.2, 0) is 0 Å². The molecule has 0 amide bonds. The van der Waals surface area contributed by atoms with Gasteiger partial charge in [-0.05, 0) is 29.8 Å². The Balaban J connectivity index is 2.60. The van der Waals surface area contributed by atoms with Gasteiger partial charge in [-0.2, -0.15) is 5.26 Å². The number of allylic oxidation sites excluding steroid dienone is 1. The van der Waals surface area contributed by atoms with Gasteiger partial charge in [0, 0.05) is 16.5 Å². The number of halogens is 1. The number of hydrogen-bond donors (Lipinski definition) is 0. The van der Waals surface area contributed by atoms with E-state index in [-0.39, 0.29) is 0 Å². The molecule has 0 aliphatic carbocycles. The molecule has 1 heterocycles. The van der Waals surface area contributed by atoms with Crippen molar-refractivity contribution >= 4 is 28.6 Å². The fraction of sp³-hybridized carbons (Fsp3) is 0. The van der Waals surface area contributed by atoms with E-state index in [1.807, 2.05) is 24.3 Å². The minimum absolute atomic E-state index is 0.616. The van der Waals surface area contributed by atoms with Crippen molar-refractivity contribution in [3.8, 4) is 6.07 Å². The quantitative estimate of drug-likeness (QED) is 0.664. The van der Waals surface area contributed by atoms with Gasteiger partial charge in [-0.3, -0.25) is 0 Å². The van der Waals surface area contributed by atoms with E-state index >= 15 is 0 Å². The molecule has 0 saturated carbocycles. The molecule has 3 heteroatoms. The summed E-state index contributed by atoms with van der Waals surface area (Å²) in [6.45, 7) is 0. The highest BCUT2D eigenvalue weighted by atomic mass is 35.5. The van der Waals surface area contributed by atoms with Gasteiger partial charge in [0.25, 0.3) is 0 Å². The summed E-state index contributed by atoms with van der Waals surface area (Å²) in [5, 5.41) is 9.97. The third-order valence-electron chi connectivity index (χ3n) is 1.91. The maximum atomic E-state index is 8.39. The molecule has 68 valence electrons. The highest BCUT2D eigenvalue weighted by Crippen LogP contribution is 2.25. The van der Waals surface area contributed by atoms with Crippen molar-refractivity contribution in [1.82, 2.24) is 0 Å². The molecule has 0 fully saturated rings. The third kappa shape index (κ3) is 1.50. The van der Waals surface area contributed by atoms with Crippen LogP contribution >= 0.6 is 11.6 Å². The molecule has 2 aromatic rings. The van der Waals surface area contributed by atoms with E-state index in [0.717, 1.165) is 16.5 Å². The number of nitriles is 1. The lowest BCUT2D eigenvalue weighted by Gasteiger charge is -1.96. The minimum atomic E-state index is 0.616. The molecule has 2 nitrogen and oxygen atoms in total. The Kier molecular flexibility index (Phi) is 2.26. The van der Waals surface area contributed by atoms with Gasteiger partial charge in [0.05, 0.1) is 12.3 Å². The lowest BCUT2D eigenvalue weighted by atomic mass is 10.1. The van der Waals surface area contributed by atoms with Crippen LogP contribution in [0.5, 0.6) is 0 Å². The Morgan fingerprint density at radius 2 is 2.29 bits per heavy atom. The van der Waals surface area contributed by atoms with E-state index in [1.165, 1.54) is 6.08 Å². The summed E-state index contributed by atoms with van der Waals surface area (Å²) < 4.78 is 5.22. The van der Waals surface area contributed by atoms with Crippen molar-refractivity contribution in [1.29, 1.82) is 5.26 Å². The number of fused-ring (bicyclic) bond motifs is 1. The van der Waals surface area contributed by atoms with Crippen LogP contribution in [0.3, 0.4) is 0 Å². The summed E-state index contributed by atoms with van der Waals surface area (Å²) in [7, 11) is 0. The van der Waals surface area contributed by atoms with Gasteiger partial charge >= 0.3 is 0 Å². The SMILES string of the molecule is N#C/C=C/c1cc2occc2cc1Cl. The van der Waals surface area contributed by atoms with Crippen molar-refractivity contribution in [2.75, 3.05) is 0 Å². The first kappa shape index (κ1) is 8.86. The predicted octanol–water partition coefficient (Wildman–Crippen LogP) is 3.62. The maximum absolute atomic E-state index is 8.39. The average Bonchev–Trinajstić information content (AvgIpc) is 2.61. The molecule has 0 aliphatic rings. The van der Waals surface area contributed by atoms with Gasteiger partial charge in [-0.1, -0.05) is 11.6 Å². The molecule has 0 spiro atoms. The largest absolute Gasteiger partial charge is 0.464 e. The predicted molar refractivity (Wildman–Crippen MR) is 55.9 cm³/mol. The monoisotopic (exact) mass is 203 g/mol. The van der Waals surface area contributed by atoms with Crippen molar-refractivity contribution in [3.05, 3.63) is 41.1 Å². The highest BCUT2D eigenvalue weighted by molar-refractivity contribution is 6.32. The van der Waals surface area contributed by atoms with Crippen LogP contribution in [0, 0.1) is 11.3 Å². The number of furan rings is 1. The molecule has 0 N–H and O–H groups in total. The van der Waals surface area contributed by atoms with E-state index in [0.29, 0.717) is 5.02 Å². The van der Waals surface area contributed by atoms with E-state index in [1.54, 1.807) is 12.3 Å². The molecule has 0 saturated heterocycles. The van der Waals surface area contributed by atoms with E-state index in [2.05, 4.69) is 0 Å². The molecule has 0 unspecified atom stereocenters. The summed E-state index contributed by atoms with van der Waals surface area (Å²) in [6, 6.07) is 7.39. The second-order valence-electron chi connectivity index (χ2n) is 2.79. The van der Waals surface area contributed by atoms with Crippen LogP contribution in [0.25, 0.3) is 17.0 Å². The first-order valence-corrected chi connectivity index (χ1v) is 4.42. The summed E-state index contributed by atoms with van der Waals surface area (Å²) in [6.07, 6.45) is 4.65. The van der Waals surface area contributed by atoms with Crippen molar-refractivity contribution in [3.63, 3.8) is 0 Å². The van der Waals surface area contributed by atoms with Crippen LogP contribution in [-0.4, -0.2) is 0 Å². The van der Waals surface area contributed by atoms with Gasteiger partial charge < -0.3 is 4.42 Å². The van der Waals surface area contributed by atoms with Gasteiger partial charge in [0.1, 0.15) is 5.58 Å². The Labute approximate surface area is 86.0 Å². The molecular formula is C11H6ClNO. The smallest absolute Gasteiger partial charge is 0.134 e. The molecule has 0 atom stereocenters. The Morgan fingerprint density at radius 3 is 3.07 bits per heavy atom. The van der Waals surface area contributed by atoms with Crippen LogP contribution in [0.1, 0.15) is 5.56 Å². The van der Waals surface area contributed by atoms with Gasteiger partial charge in [0.2, 0.25) is 0 Å². The van der Waals surface area contributed by atoms with Crippen LogP contribution in [0.15, 0.2) is 35.0 Å². The molecule has 0 aliphatic heterocycles. The van der Waals surface area contributed by atoms with E-state index in [9.17, 15) is 0 Å². The first-order valence-electron chi connectivity index (χ1n) is 4.04. The molecule has 0 radical (unpaired) electrons. The molecule has 14 heavy (non-hydrogen) atoms. The summed E-state index contributed by atoms with van der Waals surface area (Å²) in [5.74, 6) is 0. The number of benzene rings is 1. The molecule has 1 aromatic carbocycles. The molecule has 2 rings (SSSR count). The van der Waals surface area contributed by atoms with Crippen molar-refractivity contribution < 1.29 is 4.42 Å². The molecule has 0 bridgehead atoms. The zero-order valence-electron chi connectivity index (χ0n) is 7.20. The lowest BCUT2D eigenvalue weighted by Crippen LogP contribution is -1.74. The number of nitrogens with zero attached hydrogens (tertiary/aromatic N) is 1. The summed E-state index contributed by atoms with van der Waals surface area (Å²) in [4.78, 5) is 0. The van der Waals surface area contributed by atoms with E-state index < -0.39 is 0 Å². The molecule has 1 aromatic heterocycles. The third-order valence-corrected chi connectivity index (χ3v) is 2.24. The lowest BCUT2D eigenvalue weighted by molar-refractivity contribution is 0.616. The standard InChI is InChI=1S/C11H6ClNO/c12-10-6-9-3-5-14-11(9)7-8(10)2-1-4-13/h1-3,5-7H/b2-1+. The Hall–Kier alpha value is -1.72. The highest BCUT2D eigenvalue weighted by Gasteiger charge is 2.02. The van der Waals surface area contributed by atoms with Gasteiger partial charge in [0.15, 0.2) is 0 Å². The normalized spacial score (nSPS) is 10.9. The Bertz CT molecular complexity index is 534. The van der Waals surface area contributed by atoms with E-state index in [4.69, 9.17) is 21.3 Å². The van der Waals surface area contributed by atoms with Crippen molar-refractivity contribution in [2.24, 2.45) is 0 Å². The maximum Gasteiger partial charge on any atom is 0.134 e. The topological polar surface area (TPSA) is 36.9 Å². The summed E-state index contributed by atoms with van der Waals surface area (Å²) >= 11 is 5.99. The summed E-state index contributed by atoms with van der Waals surface area (Å²) in [5.41, 5.74) is 1.56. The fourth-order valence-corrected chi connectivity index (χ4v) is 1.49.